The molecule has 19 heavy (non-hydrogen) atoms. The second kappa shape index (κ2) is 5.08. The quantitative estimate of drug-likeness (QED) is 0.916. The van der Waals surface area contributed by atoms with Crippen molar-refractivity contribution in [3.8, 4) is 6.07 Å². The van der Waals surface area contributed by atoms with Crippen LogP contribution in [0.3, 0.4) is 0 Å². The third-order valence-electron chi connectivity index (χ3n) is 3.09. The van der Waals surface area contributed by atoms with Crippen molar-refractivity contribution in [2.45, 2.75) is 44.8 Å². The van der Waals surface area contributed by atoms with Gasteiger partial charge in [-0.2, -0.15) is 18.4 Å². The second-order valence-corrected chi connectivity index (χ2v) is 4.82. The first-order valence-electron chi connectivity index (χ1n) is 6.15. The van der Waals surface area contributed by atoms with Crippen LogP contribution in [0.4, 0.5) is 19.0 Å². The molecule has 0 saturated heterocycles. The van der Waals surface area contributed by atoms with Crippen LogP contribution in [0.15, 0.2) is 6.07 Å². The van der Waals surface area contributed by atoms with Crippen molar-refractivity contribution in [1.29, 1.82) is 5.26 Å². The summed E-state index contributed by atoms with van der Waals surface area (Å²) in [5, 5.41) is 11.7. The Morgan fingerprint density at radius 1 is 1.47 bits per heavy atom. The highest BCUT2D eigenvalue weighted by Crippen LogP contribution is 2.27. The third-order valence-corrected chi connectivity index (χ3v) is 3.09. The van der Waals surface area contributed by atoms with E-state index in [1.807, 2.05) is 6.07 Å². The molecule has 1 atom stereocenters. The Bertz CT molecular complexity index is 517. The van der Waals surface area contributed by atoms with Crippen molar-refractivity contribution < 1.29 is 13.2 Å². The zero-order valence-corrected chi connectivity index (χ0v) is 10.5. The number of nitrogens with one attached hydrogen (secondary N) is 1. The second-order valence-electron chi connectivity index (χ2n) is 4.82. The molecule has 6 heteroatoms. The van der Waals surface area contributed by atoms with Gasteiger partial charge in [0.15, 0.2) is 0 Å². The lowest BCUT2D eigenvalue weighted by Crippen LogP contribution is -2.25. The molecule has 2 rings (SSSR count). The van der Waals surface area contributed by atoms with Gasteiger partial charge in [-0.15, -0.1) is 0 Å². The van der Waals surface area contributed by atoms with Gasteiger partial charge in [-0.05, 0) is 37.8 Å². The van der Waals surface area contributed by atoms with Gasteiger partial charge in [-0.1, -0.05) is 0 Å². The third kappa shape index (κ3) is 3.37. The van der Waals surface area contributed by atoms with Gasteiger partial charge in [-0.3, -0.25) is 0 Å². The Labute approximate surface area is 109 Å². The van der Waals surface area contributed by atoms with E-state index in [2.05, 4.69) is 10.3 Å². The molecule has 0 aliphatic heterocycles. The van der Waals surface area contributed by atoms with Gasteiger partial charge in [0.1, 0.15) is 11.9 Å². The van der Waals surface area contributed by atoms with Gasteiger partial charge in [0.2, 0.25) is 0 Å². The summed E-state index contributed by atoms with van der Waals surface area (Å²) in [6.07, 6.45) is -2.49. The van der Waals surface area contributed by atoms with Crippen LogP contribution in [-0.2, 0) is 12.8 Å². The monoisotopic (exact) mass is 269 g/mol. The lowest BCUT2D eigenvalue weighted by Gasteiger charge is -2.17. The average molecular weight is 269 g/mol. The fraction of sp³-hybridized carbons (Fsp3) is 0.538. The smallest absolute Gasteiger partial charge is 0.366 e. The number of anilines is 1. The first-order valence-corrected chi connectivity index (χ1v) is 6.15. The number of alkyl halides is 3. The summed E-state index contributed by atoms with van der Waals surface area (Å²) in [7, 11) is 0. The first kappa shape index (κ1) is 13.7. The zero-order chi connectivity index (χ0) is 14.0. The summed E-state index contributed by atoms with van der Waals surface area (Å²) in [5.74, 6) is 0.264. The van der Waals surface area contributed by atoms with Crippen LogP contribution >= 0.6 is 0 Å². The van der Waals surface area contributed by atoms with E-state index in [4.69, 9.17) is 5.26 Å². The summed E-state index contributed by atoms with van der Waals surface area (Å²) in [6, 6.07) is 2.91. The van der Waals surface area contributed by atoms with Crippen LogP contribution in [0.2, 0.25) is 0 Å². The van der Waals surface area contributed by atoms with E-state index in [0.717, 1.165) is 30.5 Å². The molecule has 102 valence electrons. The van der Waals surface area contributed by atoms with Gasteiger partial charge in [0.25, 0.3) is 0 Å². The normalized spacial score (nSPS) is 15.7. The van der Waals surface area contributed by atoms with Crippen molar-refractivity contribution in [3.05, 3.63) is 22.9 Å². The molecule has 0 saturated carbocycles. The van der Waals surface area contributed by atoms with E-state index < -0.39 is 18.6 Å². The Morgan fingerprint density at radius 2 is 2.21 bits per heavy atom. The van der Waals surface area contributed by atoms with Crippen molar-refractivity contribution in [2.75, 3.05) is 5.32 Å². The fourth-order valence-electron chi connectivity index (χ4n) is 2.30. The van der Waals surface area contributed by atoms with Gasteiger partial charge >= 0.3 is 6.18 Å². The summed E-state index contributed by atoms with van der Waals surface area (Å²) in [5.41, 5.74) is 2.24. The van der Waals surface area contributed by atoms with E-state index in [-0.39, 0.29) is 5.82 Å². The first-order chi connectivity index (χ1) is 8.89. The van der Waals surface area contributed by atoms with Crippen LogP contribution in [0.5, 0.6) is 0 Å². The highest BCUT2D eigenvalue weighted by Gasteiger charge is 2.30. The minimum atomic E-state index is -4.23. The number of nitriles is 1. The standard InChI is InChI=1S/C13H14F3N3/c1-8(6-13(14,15)16)18-12-10(7-17)5-9-3-2-4-11(9)19-12/h5,8H,2-4,6H2,1H3,(H,18,19). The fourth-order valence-corrected chi connectivity index (χ4v) is 2.30. The number of halogens is 3. The molecule has 1 aromatic heterocycles. The molecule has 1 aromatic rings. The molecule has 1 N–H and O–H groups in total. The SMILES string of the molecule is CC(CC(F)(F)F)Nc1nc2c(cc1C#N)CCC2. The van der Waals surface area contributed by atoms with Crippen molar-refractivity contribution in [1.82, 2.24) is 4.98 Å². The summed E-state index contributed by atoms with van der Waals surface area (Å²) >= 11 is 0. The summed E-state index contributed by atoms with van der Waals surface area (Å²) < 4.78 is 36.9. The van der Waals surface area contributed by atoms with E-state index >= 15 is 0 Å². The number of aromatic nitrogens is 1. The number of fused-ring (bicyclic) bond motifs is 1. The van der Waals surface area contributed by atoms with Crippen LogP contribution < -0.4 is 5.32 Å². The highest BCUT2D eigenvalue weighted by atomic mass is 19.4. The maximum Gasteiger partial charge on any atom is 0.391 e. The zero-order valence-electron chi connectivity index (χ0n) is 10.5. The van der Waals surface area contributed by atoms with Crippen LogP contribution in [-0.4, -0.2) is 17.2 Å². The largest absolute Gasteiger partial charge is 0.391 e. The van der Waals surface area contributed by atoms with E-state index in [9.17, 15) is 13.2 Å². The van der Waals surface area contributed by atoms with Crippen molar-refractivity contribution in [3.63, 3.8) is 0 Å². The van der Waals surface area contributed by atoms with E-state index in [1.54, 1.807) is 6.07 Å². The Balaban J connectivity index is 2.18. The Kier molecular flexibility index (Phi) is 3.65. The van der Waals surface area contributed by atoms with Crippen LogP contribution in [0, 0.1) is 11.3 Å². The molecular weight excluding hydrogens is 255 g/mol. The number of rotatable bonds is 3. The maximum atomic E-state index is 12.3. The van der Waals surface area contributed by atoms with Crippen molar-refractivity contribution in [2.24, 2.45) is 0 Å². The molecule has 0 bridgehead atoms. The van der Waals surface area contributed by atoms with Crippen molar-refractivity contribution >= 4 is 5.82 Å². The molecule has 0 radical (unpaired) electrons. The predicted molar refractivity (Wildman–Crippen MR) is 64.7 cm³/mol. The Hall–Kier alpha value is -1.77. The molecule has 1 aliphatic carbocycles. The lowest BCUT2D eigenvalue weighted by molar-refractivity contribution is -0.136. The number of hydrogen-bond donors (Lipinski definition) is 1. The molecule has 1 aliphatic rings. The lowest BCUT2D eigenvalue weighted by atomic mass is 10.1. The molecule has 1 heterocycles. The number of nitrogens with zero attached hydrogens (tertiary/aromatic N) is 2. The van der Waals surface area contributed by atoms with Gasteiger partial charge < -0.3 is 5.32 Å². The van der Waals surface area contributed by atoms with E-state index in [0.29, 0.717) is 5.56 Å². The Morgan fingerprint density at radius 3 is 2.84 bits per heavy atom. The summed E-state index contributed by atoms with van der Waals surface area (Å²) in [4.78, 5) is 4.29. The topological polar surface area (TPSA) is 48.7 Å². The molecule has 0 aromatic carbocycles. The number of pyridine rings is 1. The van der Waals surface area contributed by atoms with Gasteiger partial charge in [0, 0.05) is 11.7 Å². The molecule has 3 nitrogen and oxygen atoms in total. The summed E-state index contributed by atoms with van der Waals surface area (Å²) in [6.45, 7) is 1.43. The maximum absolute atomic E-state index is 12.3. The van der Waals surface area contributed by atoms with E-state index in [1.165, 1.54) is 6.92 Å². The highest BCUT2D eigenvalue weighted by molar-refractivity contribution is 5.55. The number of aryl methyl sites for hydroxylation is 2. The van der Waals surface area contributed by atoms with Crippen LogP contribution in [0.1, 0.15) is 36.6 Å². The molecule has 0 amide bonds. The molecular formula is C13H14F3N3. The molecule has 0 fully saturated rings. The molecule has 1 unspecified atom stereocenters. The van der Waals surface area contributed by atoms with Gasteiger partial charge in [-0.25, -0.2) is 4.98 Å². The average Bonchev–Trinajstić information content (AvgIpc) is 2.72. The van der Waals surface area contributed by atoms with Crippen LogP contribution in [0.25, 0.3) is 0 Å². The minimum absolute atomic E-state index is 0.264. The minimum Gasteiger partial charge on any atom is -0.366 e. The predicted octanol–water partition coefficient (Wildman–Crippen LogP) is 3.19. The molecule has 0 spiro atoms. The number of hydrogen-bond acceptors (Lipinski definition) is 3. The van der Waals surface area contributed by atoms with Gasteiger partial charge in [0.05, 0.1) is 12.0 Å².